The average Bonchev–Trinajstić information content (AvgIpc) is 3.04. The lowest BCUT2D eigenvalue weighted by Gasteiger charge is -2.40. The quantitative estimate of drug-likeness (QED) is 0.920. The summed E-state index contributed by atoms with van der Waals surface area (Å²) in [5.41, 5.74) is -1.81. The summed E-state index contributed by atoms with van der Waals surface area (Å²) in [5.74, 6) is -1.61. The largest absolute Gasteiger partial charge is 0.479 e. The molecule has 2 aromatic rings. The van der Waals surface area contributed by atoms with Gasteiger partial charge in [-0.3, -0.25) is 14.0 Å². The molecule has 1 fully saturated rings. The van der Waals surface area contributed by atoms with Gasteiger partial charge in [0, 0.05) is 24.8 Å². The molecule has 7 nitrogen and oxygen atoms in total. The molecule has 1 aliphatic carbocycles. The van der Waals surface area contributed by atoms with Crippen LogP contribution in [0.15, 0.2) is 22.6 Å². The molecule has 1 aliphatic rings. The predicted molar refractivity (Wildman–Crippen MR) is 84.9 cm³/mol. The summed E-state index contributed by atoms with van der Waals surface area (Å²) >= 11 is 1.30. The Labute approximate surface area is 136 Å². The van der Waals surface area contributed by atoms with Crippen molar-refractivity contribution in [1.29, 1.82) is 0 Å². The fourth-order valence-electron chi connectivity index (χ4n) is 3.18. The molecular weight excluding hydrogens is 318 g/mol. The van der Waals surface area contributed by atoms with Crippen molar-refractivity contribution in [3.8, 4) is 0 Å². The van der Waals surface area contributed by atoms with Crippen molar-refractivity contribution >= 4 is 28.2 Å². The first-order chi connectivity index (χ1) is 11.0. The zero-order valence-electron chi connectivity index (χ0n) is 12.7. The molecule has 2 heterocycles. The zero-order valence-corrected chi connectivity index (χ0v) is 13.5. The molecule has 23 heavy (non-hydrogen) atoms. The van der Waals surface area contributed by atoms with Crippen LogP contribution in [0.25, 0.3) is 4.96 Å². The van der Waals surface area contributed by atoms with E-state index in [0.717, 1.165) is 19.3 Å². The lowest BCUT2D eigenvalue weighted by molar-refractivity contribution is -0.151. The maximum atomic E-state index is 12.8. The molecule has 0 spiro atoms. The van der Waals surface area contributed by atoms with Gasteiger partial charge in [0.2, 0.25) is 0 Å². The normalized spacial score (nSPS) is 17.1. The minimum Gasteiger partial charge on any atom is -0.479 e. The van der Waals surface area contributed by atoms with Crippen LogP contribution in [-0.4, -0.2) is 43.9 Å². The number of aromatic nitrogens is 2. The molecule has 0 aromatic carbocycles. The number of carboxylic acid groups (broad SMARTS) is 1. The molecule has 1 saturated carbocycles. The predicted octanol–water partition coefficient (Wildman–Crippen LogP) is 1.62. The Morgan fingerprint density at radius 3 is 2.70 bits per heavy atom. The van der Waals surface area contributed by atoms with Gasteiger partial charge in [-0.15, -0.1) is 11.3 Å². The van der Waals surface area contributed by atoms with E-state index in [-0.39, 0.29) is 5.56 Å². The summed E-state index contributed by atoms with van der Waals surface area (Å²) in [6.45, 7) is 0. The van der Waals surface area contributed by atoms with Gasteiger partial charge in [-0.05, 0) is 12.8 Å². The number of fused-ring (bicyclic) bond motifs is 1. The van der Waals surface area contributed by atoms with Crippen LogP contribution in [0.2, 0.25) is 0 Å². The van der Waals surface area contributed by atoms with Crippen molar-refractivity contribution in [2.24, 2.45) is 0 Å². The summed E-state index contributed by atoms with van der Waals surface area (Å²) in [7, 11) is 1.46. The molecule has 3 rings (SSSR count). The van der Waals surface area contributed by atoms with Crippen molar-refractivity contribution in [3.63, 3.8) is 0 Å². The maximum absolute atomic E-state index is 12.8. The first kappa shape index (κ1) is 15.7. The van der Waals surface area contributed by atoms with Crippen LogP contribution in [0.4, 0.5) is 0 Å². The summed E-state index contributed by atoms with van der Waals surface area (Å²) in [6.07, 6.45) is 6.07. The minimum atomic E-state index is -1.24. The van der Waals surface area contributed by atoms with E-state index < -0.39 is 23.0 Å². The van der Waals surface area contributed by atoms with Crippen LogP contribution in [0.5, 0.6) is 0 Å². The molecule has 1 N–H and O–H groups in total. The number of nitrogens with zero attached hydrogens (tertiary/aromatic N) is 3. The molecule has 0 bridgehead atoms. The van der Waals surface area contributed by atoms with Gasteiger partial charge in [0.25, 0.3) is 11.5 Å². The molecule has 0 aliphatic heterocycles. The number of amides is 1. The number of hydrogen-bond acceptors (Lipinski definition) is 5. The summed E-state index contributed by atoms with van der Waals surface area (Å²) < 4.78 is 1.31. The topological polar surface area (TPSA) is 92.0 Å². The number of carbonyl (C=O) groups is 2. The third-order valence-electron chi connectivity index (χ3n) is 4.60. The summed E-state index contributed by atoms with van der Waals surface area (Å²) in [5, 5.41) is 11.4. The molecular formula is C15H17N3O4S. The highest BCUT2D eigenvalue weighted by atomic mass is 32.1. The van der Waals surface area contributed by atoms with Gasteiger partial charge in [0.1, 0.15) is 11.1 Å². The highest BCUT2D eigenvalue weighted by molar-refractivity contribution is 7.15. The smallest absolute Gasteiger partial charge is 0.329 e. The zero-order chi connectivity index (χ0) is 16.6. The highest BCUT2D eigenvalue weighted by Gasteiger charge is 2.46. The lowest BCUT2D eigenvalue weighted by atomic mass is 9.80. The Balaban J connectivity index is 2.01. The van der Waals surface area contributed by atoms with E-state index in [2.05, 4.69) is 4.98 Å². The maximum Gasteiger partial charge on any atom is 0.329 e. The molecule has 0 atom stereocenters. The Kier molecular flexibility index (Phi) is 3.93. The van der Waals surface area contributed by atoms with E-state index in [1.807, 2.05) is 0 Å². The molecule has 122 valence electrons. The van der Waals surface area contributed by atoms with Gasteiger partial charge in [0.15, 0.2) is 4.96 Å². The third-order valence-corrected chi connectivity index (χ3v) is 5.37. The van der Waals surface area contributed by atoms with E-state index in [0.29, 0.717) is 17.8 Å². The summed E-state index contributed by atoms with van der Waals surface area (Å²) in [6, 6.07) is 0. The van der Waals surface area contributed by atoms with E-state index in [1.165, 1.54) is 33.9 Å². The van der Waals surface area contributed by atoms with E-state index >= 15 is 0 Å². The standard InChI is InChI=1S/C15H17N3O4S/c1-17(15(13(21)22)5-3-2-4-6-15)11(19)10-9-16-14-18(12(10)20)7-8-23-14/h7-9H,2-6H2,1H3,(H,21,22). The molecule has 0 radical (unpaired) electrons. The molecule has 1 amide bonds. The van der Waals surface area contributed by atoms with Gasteiger partial charge in [-0.2, -0.15) is 0 Å². The van der Waals surface area contributed by atoms with Gasteiger partial charge in [-0.25, -0.2) is 9.78 Å². The molecule has 0 saturated heterocycles. The molecule has 8 heteroatoms. The van der Waals surface area contributed by atoms with E-state index in [1.54, 1.807) is 11.6 Å². The van der Waals surface area contributed by atoms with Crippen molar-refractivity contribution in [2.75, 3.05) is 7.05 Å². The van der Waals surface area contributed by atoms with Gasteiger partial charge in [0.05, 0.1) is 0 Å². The summed E-state index contributed by atoms with van der Waals surface area (Å²) in [4.78, 5) is 42.8. The Morgan fingerprint density at radius 1 is 1.35 bits per heavy atom. The van der Waals surface area contributed by atoms with Crippen molar-refractivity contribution < 1.29 is 14.7 Å². The van der Waals surface area contributed by atoms with Gasteiger partial charge >= 0.3 is 5.97 Å². The monoisotopic (exact) mass is 335 g/mol. The van der Waals surface area contributed by atoms with E-state index in [4.69, 9.17) is 0 Å². The van der Waals surface area contributed by atoms with Crippen LogP contribution < -0.4 is 5.56 Å². The minimum absolute atomic E-state index is 0.102. The van der Waals surface area contributed by atoms with Crippen LogP contribution in [0.1, 0.15) is 42.5 Å². The lowest BCUT2D eigenvalue weighted by Crippen LogP contribution is -2.57. The van der Waals surface area contributed by atoms with E-state index in [9.17, 15) is 19.5 Å². The second-order valence-electron chi connectivity index (χ2n) is 5.79. The third kappa shape index (κ3) is 2.42. The SMILES string of the molecule is CN(C(=O)c1cnc2sccn2c1=O)C1(C(=O)O)CCCCC1. The van der Waals surface area contributed by atoms with Gasteiger partial charge in [-0.1, -0.05) is 19.3 Å². The second kappa shape index (κ2) is 5.77. The average molecular weight is 335 g/mol. The van der Waals surface area contributed by atoms with Crippen molar-refractivity contribution in [2.45, 2.75) is 37.6 Å². The second-order valence-corrected chi connectivity index (χ2v) is 6.67. The number of hydrogen-bond donors (Lipinski definition) is 1. The van der Waals surface area contributed by atoms with Crippen LogP contribution in [-0.2, 0) is 4.79 Å². The number of carboxylic acids is 1. The first-order valence-electron chi connectivity index (χ1n) is 7.44. The fourth-order valence-corrected chi connectivity index (χ4v) is 3.85. The number of thiazole rings is 1. The fraction of sp³-hybridized carbons (Fsp3) is 0.467. The Hall–Kier alpha value is -2.22. The highest BCUT2D eigenvalue weighted by Crippen LogP contribution is 2.34. The number of likely N-dealkylation sites (N-methyl/N-ethyl adjacent to an activating group) is 1. The number of carbonyl (C=O) groups excluding carboxylic acids is 1. The van der Waals surface area contributed by atoms with Crippen LogP contribution >= 0.6 is 11.3 Å². The Morgan fingerprint density at radius 2 is 2.04 bits per heavy atom. The molecule has 0 unspecified atom stereocenters. The van der Waals surface area contributed by atoms with Crippen LogP contribution in [0.3, 0.4) is 0 Å². The first-order valence-corrected chi connectivity index (χ1v) is 8.32. The Bertz CT molecular complexity index is 819. The van der Waals surface area contributed by atoms with Crippen molar-refractivity contribution in [3.05, 3.63) is 33.7 Å². The van der Waals surface area contributed by atoms with Gasteiger partial charge < -0.3 is 10.0 Å². The number of rotatable bonds is 3. The van der Waals surface area contributed by atoms with Crippen molar-refractivity contribution in [1.82, 2.24) is 14.3 Å². The molecule has 2 aromatic heterocycles. The van der Waals surface area contributed by atoms with Crippen LogP contribution in [0, 0.1) is 0 Å². The number of aliphatic carboxylic acids is 1.